The molecule has 31 heavy (non-hydrogen) atoms. The number of hydrogen-bond acceptors (Lipinski definition) is 3. The van der Waals surface area contributed by atoms with Crippen LogP contribution < -0.4 is 4.72 Å². The Balaban J connectivity index is 1.33. The fraction of sp³-hybridized carbons (Fsp3) is 0.435. The summed E-state index contributed by atoms with van der Waals surface area (Å²) < 4.78 is 55.5. The molecule has 5 rings (SSSR count). The van der Waals surface area contributed by atoms with Gasteiger partial charge >= 0.3 is 0 Å². The molecule has 2 aliphatic carbocycles. The predicted molar refractivity (Wildman–Crippen MR) is 113 cm³/mol. The van der Waals surface area contributed by atoms with Crippen LogP contribution in [-0.4, -0.2) is 43.6 Å². The van der Waals surface area contributed by atoms with Gasteiger partial charge in [0, 0.05) is 19.0 Å². The Morgan fingerprint density at radius 1 is 1.16 bits per heavy atom. The summed E-state index contributed by atoms with van der Waals surface area (Å²) in [6, 6.07) is 10.9. The number of likely N-dealkylation sites (tertiary alicyclic amines) is 1. The highest BCUT2D eigenvalue weighted by molar-refractivity contribution is 7.89. The Labute approximate surface area is 180 Å². The van der Waals surface area contributed by atoms with Gasteiger partial charge in [-0.2, -0.15) is 0 Å². The molecule has 5 nitrogen and oxygen atoms in total. The van der Waals surface area contributed by atoms with Crippen LogP contribution in [0.4, 0.5) is 8.78 Å². The van der Waals surface area contributed by atoms with Gasteiger partial charge in [0.1, 0.15) is 11.6 Å². The second kappa shape index (κ2) is 7.10. The van der Waals surface area contributed by atoms with E-state index in [-0.39, 0.29) is 35.0 Å². The molecule has 4 unspecified atom stereocenters. The van der Waals surface area contributed by atoms with E-state index in [1.807, 2.05) is 12.1 Å². The SMILES string of the molecule is CCS(=O)(=O)NC12CC1CN(C(=O)C1CC1c1ccccc1-c1c(F)cccc1F)C2. The summed E-state index contributed by atoms with van der Waals surface area (Å²) in [5, 5.41) is 0. The number of fused-ring (bicyclic) bond motifs is 1. The molecule has 0 bridgehead atoms. The Bertz CT molecular complexity index is 1150. The van der Waals surface area contributed by atoms with Crippen LogP contribution in [0.3, 0.4) is 0 Å². The van der Waals surface area contributed by atoms with E-state index >= 15 is 0 Å². The largest absolute Gasteiger partial charge is 0.340 e. The van der Waals surface area contributed by atoms with Crippen molar-refractivity contribution in [1.82, 2.24) is 9.62 Å². The lowest BCUT2D eigenvalue weighted by molar-refractivity contribution is -0.132. The summed E-state index contributed by atoms with van der Waals surface area (Å²) in [7, 11) is -3.33. The van der Waals surface area contributed by atoms with Crippen LogP contribution in [0, 0.1) is 23.5 Å². The van der Waals surface area contributed by atoms with Crippen LogP contribution in [0.25, 0.3) is 11.1 Å². The Morgan fingerprint density at radius 2 is 1.87 bits per heavy atom. The van der Waals surface area contributed by atoms with Gasteiger partial charge in [0.25, 0.3) is 0 Å². The molecule has 4 atom stereocenters. The molecular formula is C23H24F2N2O3S. The normalized spacial score (nSPS) is 29.0. The summed E-state index contributed by atoms with van der Waals surface area (Å²) >= 11 is 0. The first kappa shape index (κ1) is 20.6. The molecule has 1 heterocycles. The third-order valence-electron chi connectivity index (χ3n) is 6.90. The van der Waals surface area contributed by atoms with E-state index in [0.29, 0.717) is 25.1 Å². The zero-order valence-corrected chi connectivity index (χ0v) is 18.0. The van der Waals surface area contributed by atoms with Crippen LogP contribution in [0.1, 0.15) is 31.2 Å². The third kappa shape index (κ3) is 3.55. The second-order valence-electron chi connectivity index (χ2n) is 8.91. The van der Waals surface area contributed by atoms with Crippen LogP contribution in [-0.2, 0) is 14.8 Å². The molecule has 0 radical (unpaired) electrons. The molecule has 2 aromatic rings. The van der Waals surface area contributed by atoms with E-state index in [0.717, 1.165) is 12.0 Å². The summed E-state index contributed by atoms with van der Waals surface area (Å²) in [5.41, 5.74) is 0.681. The highest BCUT2D eigenvalue weighted by Crippen LogP contribution is 2.55. The number of hydrogen-bond donors (Lipinski definition) is 1. The molecule has 3 fully saturated rings. The maximum absolute atomic E-state index is 14.4. The first-order valence-electron chi connectivity index (χ1n) is 10.6. The highest BCUT2D eigenvalue weighted by Gasteiger charge is 2.63. The van der Waals surface area contributed by atoms with Gasteiger partial charge in [0.2, 0.25) is 15.9 Å². The molecule has 2 saturated carbocycles. The molecule has 8 heteroatoms. The van der Waals surface area contributed by atoms with E-state index < -0.39 is 27.2 Å². The van der Waals surface area contributed by atoms with Gasteiger partial charge in [-0.3, -0.25) is 4.79 Å². The monoisotopic (exact) mass is 446 g/mol. The molecular weight excluding hydrogens is 422 g/mol. The second-order valence-corrected chi connectivity index (χ2v) is 10.9. The summed E-state index contributed by atoms with van der Waals surface area (Å²) in [6.45, 7) is 2.54. The Hall–Kier alpha value is -2.32. The number of nitrogens with one attached hydrogen (secondary N) is 1. The molecule has 164 valence electrons. The fourth-order valence-corrected chi connectivity index (χ4v) is 6.12. The van der Waals surface area contributed by atoms with E-state index in [1.54, 1.807) is 24.0 Å². The van der Waals surface area contributed by atoms with Crippen molar-refractivity contribution in [3.8, 4) is 11.1 Å². The van der Waals surface area contributed by atoms with Crippen LogP contribution in [0.15, 0.2) is 42.5 Å². The molecule has 3 aliphatic rings. The van der Waals surface area contributed by atoms with Crippen molar-refractivity contribution in [2.24, 2.45) is 11.8 Å². The van der Waals surface area contributed by atoms with E-state index in [1.165, 1.54) is 18.2 Å². The number of nitrogens with zero attached hydrogens (tertiary/aromatic N) is 1. The number of benzene rings is 2. The van der Waals surface area contributed by atoms with Gasteiger partial charge in [-0.1, -0.05) is 30.3 Å². The average molecular weight is 447 g/mol. The highest BCUT2D eigenvalue weighted by atomic mass is 32.2. The van der Waals surface area contributed by atoms with Crippen molar-refractivity contribution in [3.63, 3.8) is 0 Å². The van der Waals surface area contributed by atoms with Crippen molar-refractivity contribution < 1.29 is 22.0 Å². The lowest BCUT2D eigenvalue weighted by Crippen LogP contribution is -2.44. The van der Waals surface area contributed by atoms with E-state index in [9.17, 15) is 22.0 Å². The quantitative estimate of drug-likeness (QED) is 0.741. The number of carbonyl (C=O) groups is 1. The predicted octanol–water partition coefficient (Wildman–Crippen LogP) is 3.28. The molecule has 0 aromatic heterocycles. The zero-order chi connectivity index (χ0) is 22.0. The summed E-state index contributed by atoms with van der Waals surface area (Å²) in [6.07, 6.45) is 1.39. The molecule has 1 aliphatic heterocycles. The molecule has 1 N–H and O–H groups in total. The Morgan fingerprint density at radius 3 is 2.58 bits per heavy atom. The number of rotatable bonds is 6. The summed E-state index contributed by atoms with van der Waals surface area (Å²) in [5.74, 6) is -1.41. The summed E-state index contributed by atoms with van der Waals surface area (Å²) in [4.78, 5) is 14.9. The van der Waals surface area contributed by atoms with Gasteiger partial charge in [0.05, 0.1) is 16.9 Å². The van der Waals surface area contributed by atoms with Gasteiger partial charge in [-0.25, -0.2) is 21.9 Å². The smallest absolute Gasteiger partial charge is 0.226 e. The van der Waals surface area contributed by atoms with Crippen molar-refractivity contribution >= 4 is 15.9 Å². The lowest BCUT2D eigenvalue weighted by Gasteiger charge is -2.22. The molecule has 1 saturated heterocycles. The molecule has 1 amide bonds. The minimum atomic E-state index is -3.33. The number of piperidine rings is 1. The van der Waals surface area contributed by atoms with Crippen LogP contribution >= 0.6 is 0 Å². The molecule has 0 spiro atoms. The molecule has 2 aromatic carbocycles. The maximum atomic E-state index is 14.4. The van der Waals surface area contributed by atoms with Crippen molar-refractivity contribution in [1.29, 1.82) is 0 Å². The van der Waals surface area contributed by atoms with Crippen LogP contribution in [0.5, 0.6) is 0 Å². The first-order chi connectivity index (χ1) is 14.7. The van der Waals surface area contributed by atoms with Crippen LogP contribution in [0.2, 0.25) is 0 Å². The number of amides is 1. The standard InChI is InChI=1S/C23H24F2N2O3S/c1-2-31(29,30)26-23-11-14(23)12-27(13-23)22(28)18-10-17(18)15-6-3-4-7-16(15)21-19(24)8-5-9-20(21)25/h3-9,14,17-18,26H,2,10-13H2,1H3. The van der Waals surface area contributed by atoms with Gasteiger partial charge < -0.3 is 4.90 Å². The van der Waals surface area contributed by atoms with Gasteiger partial charge in [0.15, 0.2) is 0 Å². The van der Waals surface area contributed by atoms with Crippen molar-refractivity contribution in [2.45, 2.75) is 31.2 Å². The van der Waals surface area contributed by atoms with E-state index in [2.05, 4.69) is 4.72 Å². The van der Waals surface area contributed by atoms with Crippen molar-refractivity contribution in [3.05, 3.63) is 59.7 Å². The fourth-order valence-electron chi connectivity index (χ4n) is 5.04. The minimum Gasteiger partial charge on any atom is -0.340 e. The first-order valence-corrected chi connectivity index (χ1v) is 12.2. The topological polar surface area (TPSA) is 66.5 Å². The minimum absolute atomic E-state index is 0.00363. The number of halogens is 2. The van der Waals surface area contributed by atoms with Crippen molar-refractivity contribution in [2.75, 3.05) is 18.8 Å². The number of carbonyl (C=O) groups excluding carboxylic acids is 1. The zero-order valence-electron chi connectivity index (χ0n) is 17.1. The van der Waals surface area contributed by atoms with Gasteiger partial charge in [-0.05, 0) is 54.9 Å². The lowest BCUT2D eigenvalue weighted by atomic mass is 9.95. The third-order valence-corrected chi connectivity index (χ3v) is 8.37. The number of sulfonamides is 1. The average Bonchev–Trinajstić information content (AvgIpc) is 3.63. The van der Waals surface area contributed by atoms with E-state index in [4.69, 9.17) is 0 Å². The van der Waals surface area contributed by atoms with Gasteiger partial charge in [-0.15, -0.1) is 0 Å². The Kier molecular flexibility index (Phi) is 4.71. The maximum Gasteiger partial charge on any atom is 0.226 e.